The van der Waals surface area contributed by atoms with Crippen LogP contribution in [0.15, 0.2) is 16.6 Å². The summed E-state index contributed by atoms with van der Waals surface area (Å²) in [6.45, 7) is 11.4. The van der Waals surface area contributed by atoms with E-state index in [-0.39, 0.29) is 5.41 Å². The standard InChI is InChI=1S/C16H22BrN3/c1-9-6-11(16(3,4)5)7-10(2)13(9)15-14(17)12(8-18)19-20-15/h6-7H,8,18H2,1-5H3,(H,19,20). The van der Waals surface area contributed by atoms with Gasteiger partial charge in [-0.15, -0.1) is 0 Å². The Morgan fingerprint density at radius 3 is 2.15 bits per heavy atom. The van der Waals surface area contributed by atoms with Gasteiger partial charge >= 0.3 is 0 Å². The molecule has 2 aromatic rings. The molecule has 0 saturated carbocycles. The maximum absolute atomic E-state index is 5.70. The molecule has 0 amide bonds. The summed E-state index contributed by atoms with van der Waals surface area (Å²) < 4.78 is 0.967. The Morgan fingerprint density at radius 2 is 1.75 bits per heavy atom. The van der Waals surface area contributed by atoms with Crippen LogP contribution >= 0.6 is 15.9 Å². The van der Waals surface area contributed by atoms with Gasteiger partial charge in [-0.05, 0) is 51.9 Å². The number of aryl methyl sites for hydroxylation is 2. The first-order chi connectivity index (χ1) is 9.25. The van der Waals surface area contributed by atoms with Crippen molar-refractivity contribution >= 4 is 15.9 Å². The fourth-order valence-electron chi connectivity index (χ4n) is 2.44. The monoisotopic (exact) mass is 335 g/mol. The van der Waals surface area contributed by atoms with E-state index in [1.54, 1.807) is 0 Å². The van der Waals surface area contributed by atoms with Crippen LogP contribution in [0.25, 0.3) is 11.3 Å². The summed E-state index contributed by atoms with van der Waals surface area (Å²) >= 11 is 3.60. The van der Waals surface area contributed by atoms with Crippen molar-refractivity contribution < 1.29 is 0 Å². The van der Waals surface area contributed by atoms with Crippen LogP contribution < -0.4 is 5.73 Å². The topological polar surface area (TPSA) is 54.7 Å². The van der Waals surface area contributed by atoms with Gasteiger partial charge in [0.05, 0.1) is 10.2 Å². The van der Waals surface area contributed by atoms with Gasteiger partial charge in [0.2, 0.25) is 0 Å². The zero-order valence-corrected chi connectivity index (χ0v) is 14.4. The molecule has 1 heterocycles. The summed E-state index contributed by atoms with van der Waals surface area (Å²) in [5.74, 6) is 0. The Hall–Kier alpha value is -1.13. The summed E-state index contributed by atoms with van der Waals surface area (Å²) in [5, 5.41) is 7.42. The van der Waals surface area contributed by atoms with Crippen molar-refractivity contribution in [2.45, 2.75) is 46.6 Å². The van der Waals surface area contributed by atoms with Crippen LogP contribution in [0.3, 0.4) is 0 Å². The van der Waals surface area contributed by atoms with E-state index in [4.69, 9.17) is 5.73 Å². The molecular weight excluding hydrogens is 314 g/mol. The third-order valence-corrected chi connectivity index (χ3v) is 4.47. The summed E-state index contributed by atoms with van der Waals surface area (Å²) in [7, 11) is 0. The van der Waals surface area contributed by atoms with Crippen LogP contribution in [0.1, 0.15) is 43.2 Å². The number of aromatic amines is 1. The summed E-state index contributed by atoms with van der Waals surface area (Å²) in [6.07, 6.45) is 0. The van der Waals surface area contributed by atoms with Gasteiger partial charge in [0.15, 0.2) is 0 Å². The number of nitrogens with two attached hydrogens (primary N) is 1. The molecule has 3 nitrogen and oxygen atoms in total. The van der Waals surface area contributed by atoms with Crippen LogP contribution in [0, 0.1) is 13.8 Å². The predicted octanol–water partition coefficient (Wildman–Crippen LogP) is 4.21. The van der Waals surface area contributed by atoms with Crippen molar-refractivity contribution in [3.8, 4) is 11.3 Å². The second-order valence-corrected chi connectivity index (χ2v) is 7.10. The number of hydrogen-bond donors (Lipinski definition) is 2. The Kier molecular flexibility index (Phi) is 4.07. The lowest BCUT2D eigenvalue weighted by atomic mass is 9.83. The summed E-state index contributed by atoms with van der Waals surface area (Å²) in [5.41, 5.74) is 12.7. The van der Waals surface area contributed by atoms with Gasteiger partial charge in [-0.25, -0.2) is 0 Å². The van der Waals surface area contributed by atoms with Crippen LogP contribution in [-0.4, -0.2) is 10.2 Å². The molecule has 2 rings (SSSR count). The summed E-state index contributed by atoms with van der Waals surface area (Å²) in [6, 6.07) is 4.51. The van der Waals surface area contributed by atoms with Crippen molar-refractivity contribution in [1.29, 1.82) is 0 Å². The molecule has 0 aliphatic heterocycles. The molecule has 3 N–H and O–H groups in total. The van der Waals surface area contributed by atoms with Crippen molar-refractivity contribution in [3.05, 3.63) is 39.0 Å². The van der Waals surface area contributed by atoms with Gasteiger partial charge in [0.1, 0.15) is 5.69 Å². The largest absolute Gasteiger partial charge is 0.325 e. The van der Waals surface area contributed by atoms with Crippen LogP contribution in [-0.2, 0) is 12.0 Å². The highest BCUT2D eigenvalue weighted by Crippen LogP contribution is 2.36. The van der Waals surface area contributed by atoms with Crippen LogP contribution in [0.4, 0.5) is 0 Å². The number of rotatable bonds is 2. The van der Waals surface area contributed by atoms with Gasteiger partial charge < -0.3 is 5.73 Å². The predicted molar refractivity (Wildman–Crippen MR) is 87.8 cm³/mol. The molecule has 1 aromatic carbocycles. The molecule has 4 heteroatoms. The minimum absolute atomic E-state index is 0.152. The molecule has 20 heavy (non-hydrogen) atoms. The molecule has 108 valence electrons. The molecule has 0 unspecified atom stereocenters. The van der Waals surface area contributed by atoms with Crippen molar-refractivity contribution in [2.24, 2.45) is 5.73 Å². The Balaban J connectivity index is 2.61. The molecule has 1 aromatic heterocycles. The minimum Gasteiger partial charge on any atom is -0.325 e. The number of nitrogens with zero attached hydrogens (tertiary/aromatic N) is 1. The lowest BCUT2D eigenvalue weighted by Gasteiger charge is -2.22. The van der Waals surface area contributed by atoms with E-state index >= 15 is 0 Å². The van der Waals surface area contributed by atoms with E-state index in [2.05, 4.69) is 72.9 Å². The molecule has 0 fully saturated rings. The van der Waals surface area contributed by atoms with Crippen molar-refractivity contribution in [3.63, 3.8) is 0 Å². The fourth-order valence-corrected chi connectivity index (χ4v) is 2.97. The number of halogens is 1. The van der Waals surface area contributed by atoms with E-state index in [1.165, 1.54) is 22.3 Å². The molecule has 0 bridgehead atoms. The average molecular weight is 336 g/mol. The number of nitrogens with one attached hydrogen (secondary N) is 1. The highest BCUT2D eigenvalue weighted by molar-refractivity contribution is 9.10. The van der Waals surface area contributed by atoms with E-state index in [0.29, 0.717) is 6.54 Å². The normalized spacial score (nSPS) is 11.9. The summed E-state index contributed by atoms with van der Waals surface area (Å²) in [4.78, 5) is 0. The van der Waals surface area contributed by atoms with E-state index in [1.807, 2.05) is 0 Å². The minimum atomic E-state index is 0.152. The second kappa shape index (κ2) is 5.34. The maximum Gasteiger partial charge on any atom is 0.107 e. The zero-order chi connectivity index (χ0) is 15.1. The molecule has 0 aliphatic rings. The van der Waals surface area contributed by atoms with Crippen molar-refractivity contribution in [2.75, 3.05) is 0 Å². The first kappa shape index (κ1) is 15.3. The van der Waals surface area contributed by atoms with Crippen molar-refractivity contribution in [1.82, 2.24) is 10.2 Å². The van der Waals surface area contributed by atoms with Gasteiger partial charge in [-0.1, -0.05) is 32.9 Å². The molecular formula is C16H22BrN3. The zero-order valence-electron chi connectivity index (χ0n) is 12.8. The van der Waals surface area contributed by atoms with Crippen LogP contribution in [0.5, 0.6) is 0 Å². The number of aromatic nitrogens is 2. The fraction of sp³-hybridized carbons (Fsp3) is 0.438. The first-order valence-corrected chi connectivity index (χ1v) is 7.60. The molecule has 0 radical (unpaired) electrons. The van der Waals surface area contributed by atoms with Crippen LogP contribution in [0.2, 0.25) is 0 Å². The highest BCUT2D eigenvalue weighted by Gasteiger charge is 2.20. The smallest absolute Gasteiger partial charge is 0.107 e. The SMILES string of the molecule is Cc1cc(C(C)(C)C)cc(C)c1-c1n[nH]c(CN)c1Br. The number of benzene rings is 1. The number of hydrogen-bond acceptors (Lipinski definition) is 2. The van der Waals surface area contributed by atoms with Gasteiger partial charge in [0, 0.05) is 12.1 Å². The number of H-pyrrole nitrogens is 1. The lowest BCUT2D eigenvalue weighted by molar-refractivity contribution is 0.589. The Labute approximate surface area is 129 Å². The Bertz CT molecular complexity index is 613. The third-order valence-electron chi connectivity index (χ3n) is 3.62. The third kappa shape index (κ3) is 2.67. The maximum atomic E-state index is 5.70. The van der Waals surface area contributed by atoms with Gasteiger partial charge in [-0.2, -0.15) is 5.10 Å². The van der Waals surface area contributed by atoms with E-state index in [9.17, 15) is 0 Å². The second-order valence-electron chi connectivity index (χ2n) is 6.30. The van der Waals surface area contributed by atoms with E-state index in [0.717, 1.165) is 15.9 Å². The van der Waals surface area contributed by atoms with Gasteiger partial charge in [0.25, 0.3) is 0 Å². The Morgan fingerprint density at radius 1 is 1.20 bits per heavy atom. The quantitative estimate of drug-likeness (QED) is 0.863. The molecule has 0 atom stereocenters. The van der Waals surface area contributed by atoms with E-state index < -0.39 is 0 Å². The average Bonchev–Trinajstić information content (AvgIpc) is 2.69. The lowest BCUT2D eigenvalue weighted by Crippen LogP contribution is -2.12. The molecule has 0 saturated heterocycles. The highest BCUT2D eigenvalue weighted by atomic mass is 79.9. The first-order valence-electron chi connectivity index (χ1n) is 6.80. The van der Waals surface area contributed by atoms with Gasteiger partial charge in [-0.3, -0.25) is 5.10 Å². The molecule has 0 spiro atoms. The molecule has 0 aliphatic carbocycles.